The standard InChI is InChI=1S/C54H52ClN15O21S7/c1-27-32(26-57)53-61-41-23-51(98(87,88)89)47(90-5)24-45(41)70(53)54(74)52(27)69-66-42-16-35(58-28(2)71)38(19-46(42)91-9-6-12-94(75,76)77)63-67-43-18-37(60-30(4)73)40(21-49(43)93-11-8-14-96(81,82)83)65-68-44-17-36(59-29(3)72)39(20-48(44)92-10-7-13-95(78,79)80)64-62-34-22-50(97(84,85)86)33(55)15-31(34)25-56/h15-24,74H,6-14H2,1-5H3,(H,58,71)(H,59,72)(H,60,73)(H,75,76,77)(H,78,79,80)(H,81,82,83)(H,84,85,86)(H,87,88,89). The molecule has 0 fully saturated rings. The molecule has 9 N–H and O–H groups in total. The second-order valence-corrected chi connectivity index (χ2v) is 30.4. The number of halogens is 1. The second kappa shape index (κ2) is 31.5. The van der Waals surface area contributed by atoms with Gasteiger partial charge in [0.2, 0.25) is 23.6 Å². The van der Waals surface area contributed by atoms with Crippen LogP contribution in [0, 0.1) is 29.6 Å². The van der Waals surface area contributed by atoms with E-state index in [2.05, 4.69) is 61.8 Å². The van der Waals surface area contributed by atoms with Crippen LogP contribution >= 0.6 is 35.1 Å². The van der Waals surface area contributed by atoms with Gasteiger partial charge in [0.1, 0.15) is 78.8 Å². The molecule has 518 valence electrons. The van der Waals surface area contributed by atoms with Crippen molar-refractivity contribution < 1.29 is 93.8 Å². The number of methoxy groups -OCH3 is 1. The summed E-state index contributed by atoms with van der Waals surface area (Å²) in [6.07, 6.45) is -0.624. The van der Waals surface area contributed by atoms with Crippen LogP contribution in [0.25, 0.3) is 16.7 Å². The molecule has 98 heavy (non-hydrogen) atoms. The van der Waals surface area contributed by atoms with Crippen LogP contribution in [0.5, 0.6) is 17.4 Å². The second-order valence-electron chi connectivity index (χ2n) is 20.2. The number of hydrogen-bond acceptors (Lipinski definition) is 29. The fourth-order valence-electron chi connectivity index (χ4n) is 8.62. The summed E-state index contributed by atoms with van der Waals surface area (Å²) >= 11 is 7.88. The number of fused-ring (bicyclic) bond motifs is 3. The molecule has 7 rings (SSSR count). The number of nitriles is 2. The number of aromatic hydroxyl groups is 1. The van der Waals surface area contributed by atoms with Crippen LogP contribution < -0.4 is 25.4 Å². The number of carbonyl (C=O) groups excluding carboxylic acids is 3. The number of benzene rings is 5. The molecule has 44 heteroatoms. The van der Waals surface area contributed by atoms with Crippen LogP contribution in [0.3, 0.4) is 0 Å². The summed E-state index contributed by atoms with van der Waals surface area (Å²) in [5.74, 6) is -5.66. The number of nitrogens with zero attached hydrogens (tertiary/aromatic N) is 12. The van der Waals surface area contributed by atoms with Gasteiger partial charge in [-0.25, -0.2) is 4.98 Å². The number of aromatic nitrogens is 2. The van der Waals surface area contributed by atoms with E-state index in [1.807, 2.05) is 6.07 Å². The number of imidazole rings is 1. The normalized spacial score (nSPS) is 12.5. The highest BCUT2D eigenvalue weighted by atomic mass is 35.5. The van der Waals surface area contributed by atoms with Gasteiger partial charge >= 0.3 is 0 Å². The van der Waals surface area contributed by atoms with E-state index in [0.717, 1.165) is 86.1 Å². The number of hydrogen-bond donors (Lipinski definition) is 9. The first-order valence-electron chi connectivity index (χ1n) is 27.4. The maximum atomic E-state index is 12.9. The molecule has 5 aromatic carbocycles. The molecule has 0 saturated heterocycles. The lowest BCUT2D eigenvalue weighted by molar-refractivity contribution is -0.115. The average Bonchev–Trinajstić information content (AvgIpc) is 1.57. The zero-order valence-corrected chi connectivity index (χ0v) is 57.5. The molecular formula is C54H52ClN15O21S7. The molecule has 0 radical (unpaired) electrons. The Morgan fingerprint density at radius 2 is 1.02 bits per heavy atom. The number of thioether (sulfide) groups is 2. The maximum absolute atomic E-state index is 12.9. The van der Waals surface area contributed by atoms with Crippen LogP contribution in [-0.2, 0) is 65.0 Å². The highest BCUT2D eigenvalue weighted by Crippen LogP contribution is 2.47. The topological polar surface area (TPSA) is 562 Å². The van der Waals surface area contributed by atoms with Crippen molar-refractivity contribution in [2.75, 3.05) is 58.4 Å². The van der Waals surface area contributed by atoms with Crippen LogP contribution in [0.15, 0.2) is 121 Å². The first-order valence-corrected chi connectivity index (χ1v) is 37.5. The minimum Gasteiger partial charge on any atom is -0.495 e. The Morgan fingerprint density at radius 1 is 0.571 bits per heavy atom. The molecule has 3 amide bonds. The zero-order valence-electron chi connectivity index (χ0n) is 51.0. The van der Waals surface area contributed by atoms with Gasteiger partial charge in [-0.3, -0.25) is 41.5 Å². The third kappa shape index (κ3) is 20.4. The lowest BCUT2D eigenvalue weighted by atomic mass is 10.1. The molecule has 0 unspecified atom stereocenters. The van der Waals surface area contributed by atoms with E-state index in [4.69, 9.17) is 21.1 Å². The number of amides is 3. The molecule has 0 aliphatic heterocycles. The first-order chi connectivity index (χ1) is 45.8. The average molecular weight is 1510 g/mol. The van der Waals surface area contributed by atoms with Crippen LogP contribution in [0.4, 0.5) is 62.6 Å². The Balaban J connectivity index is 1.40. The number of ether oxygens (including phenoxy) is 2. The molecular weight excluding hydrogens is 1450 g/mol. The van der Waals surface area contributed by atoms with Crippen LogP contribution in [0.2, 0.25) is 5.02 Å². The number of rotatable bonds is 29. The largest absolute Gasteiger partial charge is 0.495 e. The summed E-state index contributed by atoms with van der Waals surface area (Å²) in [7, 11) is -22.2. The molecule has 2 heterocycles. The molecule has 0 spiro atoms. The van der Waals surface area contributed by atoms with E-state index in [1.54, 1.807) is 6.07 Å². The SMILES string of the molecule is COc1cc2c(cc1S(=O)(=O)O)nc1c(C#N)c(C)c(N=Nc3cc(NC(C)=O)c(N=Nc4cc(NC(C)=O)c(N=Nc5cc(NC(C)=O)c(N=Nc6cc(S(=O)(=O)O)c(Cl)cc6C#N)cc5SCCCS(=O)(=O)O)cc4SCCCS(=O)(=O)O)cc3OCCCS(=O)(=O)O)c(O)n12. The molecule has 0 aliphatic carbocycles. The van der Waals surface area contributed by atoms with E-state index in [9.17, 15) is 94.9 Å². The van der Waals surface area contributed by atoms with E-state index < -0.39 is 119 Å². The van der Waals surface area contributed by atoms with Crippen molar-refractivity contribution in [2.24, 2.45) is 40.9 Å². The van der Waals surface area contributed by atoms with Gasteiger partial charge in [-0.05, 0) is 86.2 Å². The predicted octanol–water partition coefficient (Wildman–Crippen LogP) is 11.3. The quantitative estimate of drug-likeness (QED) is 0.00910. The third-order valence-electron chi connectivity index (χ3n) is 12.8. The molecule has 2 aromatic heterocycles. The zero-order chi connectivity index (χ0) is 72.4. The summed E-state index contributed by atoms with van der Waals surface area (Å²) < 4.78 is 179. The van der Waals surface area contributed by atoms with Crippen LogP contribution in [0.1, 0.15) is 56.7 Å². The van der Waals surface area contributed by atoms with E-state index in [1.165, 1.54) is 37.3 Å². The molecule has 0 atom stereocenters. The van der Waals surface area contributed by atoms with Crippen molar-refractivity contribution in [3.8, 4) is 29.5 Å². The van der Waals surface area contributed by atoms with E-state index >= 15 is 0 Å². The van der Waals surface area contributed by atoms with Gasteiger partial charge in [0.15, 0.2) is 11.3 Å². The third-order valence-corrected chi connectivity index (χ3v) is 19.7. The Labute approximate surface area is 570 Å². The van der Waals surface area contributed by atoms with Gasteiger partial charge < -0.3 is 30.5 Å². The van der Waals surface area contributed by atoms with Crippen molar-refractivity contribution in [2.45, 2.75) is 66.5 Å². The fraction of sp³-hybridized carbons (Fsp3) is 0.259. The van der Waals surface area contributed by atoms with Crippen molar-refractivity contribution >= 4 is 183 Å². The summed E-state index contributed by atoms with van der Waals surface area (Å²) in [6.45, 7) is 4.29. The van der Waals surface area contributed by atoms with Gasteiger partial charge in [-0.2, -0.15) is 52.6 Å². The number of carbonyl (C=O) groups is 3. The predicted molar refractivity (Wildman–Crippen MR) is 355 cm³/mol. The van der Waals surface area contributed by atoms with Crippen molar-refractivity contribution in [3.05, 3.63) is 82.4 Å². The van der Waals surface area contributed by atoms with E-state index in [0.29, 0.717) is 0 Å². The molecule has 36 nitrogen and oxygen atoms in total. The molecule has 7 aromatic rings. The van der Waals surface area contributed by atoms with Gasteiger partial charge in [0.25, 0.3) is 50.6 Å². The van der Waals surface area contributed by atoms with Gasteiger partial charge in [0.05, 0.1) is 69.7 Å². The van der Waals surface area contributed by atoms with Crippen molar-refractivity contribution in [1.82, 2.24) is 9.38 Å². The highest BCUT2D eigenvalue weighted by Gasteiger charge is 2.27. The maximum Gasteiger partial charge on any atom is 0.298 e. The van der Waals surface area contributed by atoms with Crippen LogP contribution in [-0.4, -0.2) is 140 Å². The summed E-state index contributed by atoms with van der Waals surface area (Å²) in [6, 6.07) is 14.9. The molecule has 0 bridgehead atoms. The smallest absolute Gasteiger partial charge is 0.298 e. The van der Waals surface area contributed by atoms with E-state index in [-0.39, 0.29) is 142 Å². The Morgan fingerprint density at radius 3 is 1.47 bits per heavy atom. The van der Waals surface area contributed by atoms with Gasteiger partial charge in [0, 0.05) is 48.3 Å². The Kier molecular flexibility index (Phi) is 24.5. The monoisotopic (exact) mass is 1510 g/mol. The summed E-state index contributed by atoms with van der Waals surface area (Å²) in [5.41, 5.74) is -3.05. The highest BCUT2D eigenvalue weighted by molar-refractivity contribution is 7.99. The fourth-order valence-corrected chi connectivity index (χ4v) is 14.1. The number of azo groups is 4. The minimum absolute atomic E-state index is 0.0173. The number of nitrogens with one attached hydrogen (secondary N) is 3. The lowest BCUT2D eigenvalue weighted by Gasteiger charge is -2.14. The van der Waals surface area contributed by atoms with Crippen molar-refractivity contribution in [3.63, 3.8) is 0 Å². The van der Waals surface area contributed by atoms with Crippen molar-refractivity contribution in [1.29, 1.82) is 10.5 Å². The van der Waals surface area contributed by atoms with Gasteiger partial charge in [-0.15, -0.1) is 64.4 Å². The Hall–Kier alpha value is -9.22. The number of anilines is 3. The number of pyridine rings is 1. The summed E-state index contributed by atoms with van der Waals surface area (Å²) in [4.78, 5) is 41.5. The lowest BCUT2D eigenvalue weighted by Crippen LogP contribution is -2.09. The van der Waals surface area contributed by atoms with Gasteiger partial charge in [-0.1, -0.05) is 11.6 Å². The minimum atomic E-state index is -4.95. The molecule has 0 saturated carbocycles. The Bertz CT molecular complexity index is 5240. The molecule has 0 aliphatic rings. The first kappa shape index (κ1) is 76.2. The summed E-state index contributed by atoms with van der Waals surface area (Å²) in [5, 5.41) is 73.5.